The lowest BCUT2D eigenvalue weighted by molar-refractivity contribution is -0.0507. The zero-order chi connectivity index (χ0) is 9.47. The van der Waals surface area contributed by atoms with E-state index in [1.54, 1.807) is 0 Å². The third kappa shape index (κ3) is 1.75. The number of ether oxygens (including phenoxy) is 1. The van der Waals surface area contributed by atoms with Crippen LogP contribution in [0, 0.1) is 0 Å². The van der Waals surface area contributed by atoms with Crippen molar-refractivity contribution in [3.05, 3.63) is 0 Å². The first-order valence-corrected chi connectivity index (χ1v) is 5.52. The maximum Gasteiger partial charge on any atom is 0.0842 e. The van der Waals surface area contributed by atoms with Gasteiger partial charge < -0.3 is 9.64 Å². The highest BCUT2D eigenvalue weighted by molar-refractivity contribution is 5.07. The van der Waals surface area contributed by atoms with E-state index >= 15 is 0 Å². The van der Waals surface area contributed by atoms with Crippen LogP contribution in [0.25, 0.3) is 0 Å². The monoisotopic (exact) mass is 183 g/mol. The Labute approximate surface area is 81.3 Å². The van der Waals surface area contributed by atoms with Crippen molar-refractivity contribution in [1.29, 1.82) is 0 Å². The van der Waals surface area contributed by atoms with Gasteiger partial charge >= 0.3 is 0 Å². The van der Waals surface area contributed by atoms with Crippen molar-refractivity contribution >= 4 is 0 Å². The van der Waals surface area contributed by atoms with Crippen LogP contribution in [-0.2, 0) is 4.74 Å². The van der Waals surface area contributed by atoms with Gasteiger partial charge in [-0.3, -0.25) is 0 Å². The molecule has 0 aromatic heterocycles. The molecule has 0 amide bonds. The smallest absolute Gasteiger partial charge is 0.0842 e. The Balaban J connectivity index is 1.98. The molecule has 0 aromatic carbocycles. The number of hydrogen-bond donors (Lipinski definition) is 0. The Kier molecular flexibility index (Phi) is 2.37. The maximum absolute atomic E-state index is 6.06. The first-order valence-electron chi connectivity index (χ1n) is 5.52. The summed E-state index contributed by atoms with van der Waals surface area (Å²) in [5, 5.41) is 0. The van der Waals surface area contributed by atoms with E-state index in [4.69, 9.17) is 4.74 Å². The quantitative estimate of drug-likeness (QED) is 0.664. The Morgan fingerprint density at radius 1 is 1.38 bits per heavy atom. The summed E-state index contributed by atoms with van der Waals surface area (Å²) in [4.78, 5) is 2.48. The summed E-state index contributed by atoms with van der Waals surface area (Å²) in [6.45, 7) is 5.55. The summed E-state index contributed by atoms with van der Waals surface area (Å²) in [6.07, 6.45) is 5.63. The minimum absolute atomic E-state index is 0.249. The standard InChI is InChI=1S/C11H21NO/c1-9(2)13-11(6-7-11)10-5-4-8-12(10)3/h9-10H,4-8H2,1-3H3/t10-/m0/s1. The van der Waals surface area contributed by atoms with E-state index in [1.807, 2.05) is 0 Å². The fourth-order valence-electron chi connectivity index (χ4n) is 2.70. The van der Waals surface area contributed by atoms with E-state index in [2.05, 4.69) is 25.8 Å². The predicted molar refractivity (Wildman–Crippen MR) is 53.8 cm³/mol. The van der Waals surface area contributed by atoms with Gasteiger partial charge in [-0.2, -0.15) is 0 Å². The van der Waals surface area contributed by atoms with Crippen LogP contribution in [0.2, 0.25) is 0 Å². The number of likely N-dealkylation sites (tertiary alicyclic amines) is 1. The molecular formula is C11H21NO. The van der Waals surface area contributed by atoms with Crippen LogP contribution in [0.5, 0.6) is 0 Å². The molecule has 2 aliphatic rings. The van der Waals surface area contributed by atoms with Gasteiger partial charge in [0.2, 0.25) is 0 Å². The van der Waals surface area contributed by atoms with E-state index in [9.17, 15) is 0 Å². The van der Waals surface area contributed by atoms with Crippen molar-refractivity contribution in [3.63, 3.8) is 0 Å². The fraction of sp³-hybridized carbons (Fsp3) is 1.00. The summed E-state index contributed by atoms with van der Waals surface area (Å²) < 4.78 is 6.06. The van der Waals surface area contributed by atoms with Gasteiger partial charge in [-0.05, 0) is 53.1 Å². The highest BCUT2D eigenvalue weighted by Gasteiger charge is 2.53. The molecule has 2 rings (SSSR count). The third-order valence-corrected chi connectivity index (χ3v) is 3.34. The molecule has 1 heterocycles. The van der Waals surface area contributed by atoms with Gasteiger partial charge in [-0.15, -0.1) is 0 Å². The van der Waals surface area contributed by atoms with Gasteiger partial charge in [-0.1, -0.05) is 0 Å². The molecule has 0 bridgehead atoms. The lowest BCUT2D eigenvalue weighted by Gasteiger charge is -2.30. The predicted octanol–water partition coefficient (Wildman–Crippen LogP) is 2.04. The molecule has 0 N–H and O–H groups in total. The zero-order valence-electron chi connectivity index (χ0n) is 9.05. The van der Waals surface area contributed by atoms with Gasteiger partial charge in [0.05, 0.1) is 11.7 Å². The first kappa shape index (κ1) is 9.47. The Morgan fingerprint density at radius 3 is 2.46 bits per heavy atom. The lowest BCUT2D eigenvalue weighted by atomic mass is 10.1. The minimum atomic E-state index is 0.249. The fourth-order valence-corrected chi connectivity index (χ4v) is 2.70. The maximum atomic E-state index is 6.06. The second kappa shape index (κ2) is 3.25. The molecule has 76 valence electrons. The van der Waals surface area contributed by atoms with E-state index in [0.717, 1.165) is 0 Å². The summed E-state index contributed by atoms with van der Waals surface area (Å²) >= 11 is 0. The van der Waals surface area contributed by atoms with Crippen molar-refractivity contribution in [2.75, 3.05) is 13.6 Å². The van der Waals surface area contributed by atoms with Crippen LogP contribution in [0.3, 0.4) is 0 Å². The van der Waals surface area contributed by atoms with E-state index in [0.29, 0.717) is 12.1 Å². The molecule has 2 fully saturated rings. The van der Waals surface area contributed by atoms with Gasteiger partial charge in [0, 0.05) is 6.04 Å². The van der Waals surface area contributed by atoms with Gasteiger partial charge in [0.25, 0.3) is 0 Å². The van der Waals surface area contributed by atoms with Crippen molar-refractivity contribution in [3.8, 4) is 0 Å². The van der Waals surface area contributed by atoms with Gasteiger partial charge in [0.15, 0.2) is 0 Å². The minimum Gasteiger partial charge on any atom is -0.371 e. The highest BCUT2D eigenvalue weighted by atomic mass is 16.5. The molecule has 0 unspecified atom stereocenters. The first-order chi connectivity index (χ1) is 6.14. The van der Waals surface area contributed by atoms with Crippen molar-refractivity contribution in [1.82, 2.24) is 4.90 Å². The van der Waals surface area contributed by atoms with Crippen LogP contribution in [0.15, 0.2) is 0 Å². The number of nitrogens with zero attached hydrogens (tertiary/aromatic N) is 1. The number of hydrogen-bond acceptors (Lipinski definition) is 2. The Morgan fingerprint density at radius 2 is 2.08 bits per heavy atom. The molecule has 1 saturated heterocycles. The normalized spacial score (nSPS) is 32.8. The Hall–Kier alpha value is -0.0800. The summed E-state index contributed by atoms with van der Waals surface area (Å²) in [5.74, 6) is 0. The van der Waals surface area contributed by atoms with E-state index in [1.165, 1.54) is 32.2 Å². The molecule has 2 heteroatoms. The molecule has 1 aliphatic heterocycles. The van der Waals surface area contributed by atoms with Crippen LogP contribution in [0.1, 0.15) is 39.5 Å². The molecule has 2 nitrogen and oxygen atoms in total. The lowest BCUT2D eigenvalue weighted by Crippen LogP contribution is -2.41. The summed E-state index contributed by atoms with van der Waals surface area (Å²) in [6, 6.07) is 0.704. The largest absolute Gasteiger partial charge is 0.371 e. The average molecular weight is 183 g/mol. The molecule has 0 radical (unpaired) electrons. The molecule has 0 aromatic rings. The molecule has 1 atom stereocenters. The zero-order valence-corrected chi connectivity index (χ0v) is 9.05. The Bertz CT molecular complexity index is 187. The molecule has 0 spiro atoms. The van der Waals surface area contributed by atoms with Crippen LogP contribution in [0.4, 0.5) is 0 Å². The van der Waals surface area contributed by atoms with Crippen LogP contribution in [-0.4, -0.2) is 36.2 Å². The van der Waals surface area contributed by atoms with Crippen LogP contribution >= 0.6 is 0 Å². The van der Waals surface area contributed by atoms with Crippen LogP contribution < -0.4 is 0 Å². The molecule has 1 aliphatic carbocycles. The van der Waals surface area contributed by atoms with Crippen molar-refractivity contribution in [2.24, 2.45) is 0 Å². The topological polar surface area (TPSA) is 12.5 Å². The van der Waals surface area contributed by atoms with Gasteiger partial charge in [-0.25, -0.2) is 0 Å². The second-order valence-corrected chi connectivity index (χ2v) is 4.87. The van der Waals surface area contributed by atoms with Gasteiger partial charge in [0.1, 0.15) is 0 Å². The van der Waals surface area contributed by atoms with Crippen molar-refractivity contribution < 1.29 is 4.74 Å². The van der Waals surface area contributed by atoms with E-state index in [-0.39, 0.29) is 5.60 Å². The molecular weight excluding hydrogens is 162 g/mol. The third-order valence-electron chi connectivity index (χ3n) is 3.34. The number of likely N-dealkylation sites (N-methyl/N-ethyl adjacent to an activating group) is 1. The SMILES string of the molecule is CC(C)OC1([C@@H]2CCCN2C)CC1. The highest BCUT2D eigenvalue weighted by Crippen LogP contribution is 2.48. The average Bonchev–Trinajstić information content (AvgIpc) is 2.65. The summed E-state index contributed by atoms with van der Waals surface area (Å²) in [5.41, 5.74) is 0.249. The molecule has 13 heavy (non-hydrogen) atoms. The second-order valence-electron chi connectivity index (χ2n) is 4.87. The number of rotatable bonds is 3. The summed E-state index contributed by atoms with van der Waals surface area (Å²) in [7, 11) is 2.24. The molecule has 1 saturated carbocycles. The van der Waals surface area contributed by atoms with Crippen molar-refractivity contribution in [2.45, 2.75) is 57.3 Å². The van der Waals surface area contributed by atoms with E-state index < -0.39 is 0 Å².